The van der Waals surface area contributed by atoms with Crippen LogP contribution in [0.3, 0.4) is 0 Å². The van der Waals surface area contributed by atoms with Crippen molar-refractivity contribution in [2.75, 3.05) is 33.2 Å². The van der Waals surface area contributed by atoms with Crippen LogP contribution in [-0.4, -0.2) is 53.1 Å². The summed E-state index contributed by atoms with van der Waals surface area (Å²) in [5.74, 6) is 0. The molecule has 0 radical (unpaired) electrons. The van der Waals surface area contributed by atoms with E-state index in [1.54, 1.807) is 11.3 Å². The molecule has 1 aliphatic heterocycles. The summed E-state index contributed by atoms with van der Waals surface area (Å²) in [6.07, 6.45) is 1.85. The van der Waals surface area contributed by atoms with Crippen LogP contribution in [0.2, 0.25) is 0 Å². The number of benzene rings is 1. The highest BCUT2D eigenvalue weighted by Crippen LogP contribution is 2.27. The van der Waals surface area contributed by atoms with Crippen molar-refractivity contribution in [3.8, 4) is 10.4 Å². The number of likely N-dealkylation sites (N-methyl/N-ethyl adjacent to an activating group) is 1. The van der Waals surface area contributed by atoms with Crippen LogP contribution >= 0.6 is 11.3 Å². The minimum absolute atomic E-state index is 0.0195. The Morgan fingerprint density at radius 2 is 2.05 bits per heavy atom. The van der Waals surface area contributed by atoms with Gasteiger partial charge >= 0.3 is 0 Å². The van der Waals surface area contributed by atoms with E-state index in [9.17, 15) is 0 Å². The van der Waals surface area contributed by atoms with Gasteiger partial charge in [0.1, 0.15) is 5.01 Å². The number of piperazine rings is 1. The summed E-state index contributed by atoms with van der Waals surface area (Å²) in [6.45, 7) is 5.59. The van der Waals surface area contributed by atoms with Crippen molar-refractivity contribution < 1.29 is 5.11 Å². The molecule has 1 N–H and O–H groups in total. The van der Waals surface area contributed by atoms with Gasteiger partial charge in [0.25, 0.3) is 0 Å². The van der Waals surface area contributed by atoms with Crippen LogP contribution < -0.4 is 0 Å². The molecule has 2 aromatic rings. The number of aliphatic hydroxyl groups is 1. The number of hydrogen-bond donors (Lipinski definition) is 1. The minimum atomic E-state index is 0.0195. The van der Waals surface area contributed by atoms with E-state index >= 15 is 0 Å². The molecule has 112 valence electrons. The molecular weight excluding hydrogens is 282 g/mol. The van der Waals surface area contributed by atoms with E-state index in [1.165, 1.54) is 11.1 Å². The Morgan fingerprint density at radius 3 is 2.76 bits per heavy atom. The lowest BCUT2D eigenvalue weighted by Crippen LogP contribution is -2.43. The molecule has 0 bridgehead atoms. The number of rotatable bonds is 4. The Morgan fingerprint density at radius 1 is 1.24 bits per heavy atom. The minimum Gasteiger partial charge on any atom is -0.389 e. The van der Waals surface area contributed by atoms with Crippen LogP contribution in [-0.2, 0) is 13.2 Å². The van der Waals surface area contributed by atoms with Gasteiger partial charge in [-0.1, -0.05) is 18.2 Å². The largest absolute Gasteiger partial charge is 0.389 e. The highest BCUT2D eigenvalue weighted by Gasteiger charge is 2.14. The average molecular weight is 303 g/mol. The van der Waals surface area contributed by atoms with Gasteiger partial charge in [0.2, 0.25) is 0 Å². The Balaban J connectivity index is 1.71. The van der Waals surface area contributed by atoms with Crippen molar-refractivity contribution in [1.29, 1.82) is 0 Å². The molecule has 0 saturated carbocycles. The smallest absolute Gasteiger partial charge is 0.119 e. The molecule has 2 heterocycles. The maximum absolute atomic E-state index is 9.13. The van der Waals surface area contributed by atoms with Gasteiger partial charge in [-0.2, -0.15) is 0 Å². The fraction of sp³-hybridized carbons (Fsp3) is 0.438. The molecule has 4 nitrogen and oxygen atoms in total. The van der Waals surface area contributed by atoms with Gasteiger partial charge in [0.15, 0.2) is 0 Å². The second-order valence-electron chi connectivity index (χ2n) is 5.56. The summed E-state index contributed by atoms with van der Waals surface area (Å²) < 4.78 is 0. The van der Waals surface area contributed by atoms with E-state index in [0.717, 1.165) is 42.6 Å². The first-order chi connectivity index (χ1) is 10.2. The van der Waals surface area contributed by atoms with Gasteiger partial charge in [0.05, 0.1) is 11.5 Å². The number of aromatic nitrogens is 1. The van der Waals surface area contributed by atoms with Crippen molar-refractivity contribution in [2.45, 2.75) is 13.2 Å². The second kappa shape index (κ2) is 6.66. The van der Waals surface area contributed by atoms with Crippen LogP contribution in [0.15, 0.2) is 30.5 Å². The van der Waals surface area contributed by atoms with Gasteiger partial charge in [-0.15, -0.1) is 11.3 Å². The molecule has 0 spiro atoms. The fourth-order valence-corrected chi connectivity index (χ4v) is 3.38. The molecule has 1 fully saturated rings. The lowest BCUT2D eigenvalue weighted by molar-refractivity contribution is 0.148. The zero-order valence-corrected chi connectivity index (χ0v) is 13.1. The van der Waals surface area contributed by atoms with Crippen LogP contribution in [0.4, 0.5) is 0 Å². The molecule has 0 amide bonds. The number of thiazole rings is 1. The van der Waals surface area contributed by atoms with Gasteiger partial charge in [-0.3, -0.25) is 4.90 Å². The van der Waals surface area contributed by atoms with Crippen molar-refractivity contribution in [1.82, 2.24) is 14.8 Å². The quantitative estimate of drug-likeness (QED) is 0.938. The van der Waals surface area contributed by atoms with Gasteiger partial charge in [0, 0.05) is 38.9 Å². The first-order valence-corrected chi connectivity index (χ1v) is 8.12. The Labute approximate surface area is 129 Å². The molecule has 1 aromatic carbocycles. The van der Waals surface area contributed by atoms with Gasteiger partial charge in [-0.25, -0.2) is 4.98 Å². The van der Waals surface area contributed by atoms with Crippen LogP contribution in [0.25, 0.3) is 10.4 Å². The first kappa shape index (κ1) is 14.7. The first-order valence-electron chi connectivity index (χ1n) is 7.30. The van der Waals surface area contributed by atoms with Crippen molar-refractivity contribution in [3.05, 3.63) is 41.0 Å². The summed E-state index contributed by atoms with van der Waals surface area (Å²) in [5, 5.41) is 9.90. The fourth-order valence-electron chi connectivity index (χ4n) is 2.60. The molecule has 1 aliphatic rings. The summed E-state index contributed by atoms with van der Waals surface area (Å²) in [7, 11) is 2.18. The predicted molar refractivity (Wildman–Crippen MR) is 86.2 cm³/mol. The molecule has 0 aliphatic carbocycles. The Hall–Kier alpha value is -1.27. The normalized spacial score (nSPS) is 17.2. The predicted octanol–water partition coefficient (Wildman–Crippen LogP) is 2.05. The highest BCUT2D eigenvalue weighted by molar-refractivity contribution is 7.15. The SMILES string of the molecule is CN1CCN(Cc2cccc(-c3cnc(CO)s3)c2)CC1. The summed E-state index contributed by atoms with van der Waals surface area (Å²) in [5.41, 5.74) is 2.54. The van der Waals surface area contributed by atoms with E-state index in [4.69, 9.17) is 5.11 Å². The molecular formula is C16H21N3OS. The van der Waals surface area contributed by atoms with Crippen LogP contribution in [0.1, 0.15) is 10.6 Å². The Kier molecular flexibility index (Phi) is 4.65. The summed E-state index contributed by atoms with van der Waals surface area (Å²) >= 11 is 1.56. The molecule has 5 heteroatoms. The van der Waals surface area contributed by atoms with Crippen molar-refractivity contribution >= 4 is 11.3 Å². The lowest BCUT2D eigenvalue weighted by Gasteiger charge is -2.32. The molecule has 1 aromatic heterocycles. The monoisotopic (exact) mass is 303 g/mol. The molecule has 1 saturated heterocycles. The van der Waals surface area contributed by atoms with Gasteiger partial charge in [-0.05, 0) is 24.2 Å². The van der Waals surface area contributed by atoms with E-state index in [0.29, 0.717) is 0 Å². The number of nitrogens with zero attached hydrogens (tertiary/aromatic N) is 3. The van der Waals surface area contributed by atoms with Gasteiger partial charge < -0.3 is 10.0 Å². The van der Waals surface area contributed by atoms with E-state index in [-0.39, 0.29) is 6.61 Å². The molecule has 0 atom stereocenters. The van der Waals surface area contributed by atoms with Crippen LogP contribution in [0, 0.1) is 0 Å². The Bertz CT molecular complexity index is 591. The maximum Gasteiger partial charge on any atom is 0.119 e. The van der Waals surface area contributed by atoms with Crippen molar-refractivity contribution in [2.24, 2.45) is 0 Å². The maximum atomic E-state index is 9.13. The van der Waals surface area contributed by atoms with Crippen molar-refractivity contribution in [3.63, 3.8) is 0 Å². The molecule has 21 heavy (non-hydrogen) atoms. The third-order valence-electron chi connectivity index (χ3n) is 3.90. The van der Waals surface area contributed by atoms with E-state index < -0.39 is 0 Å². The lowest BCUT2D eigenvalue weighted by atomic mass is 10.1. The zero-order chi connectivity index (χ0) is 14.7. The van der Waals surface area contributed by atoms with E-state index in [1.807, 2.05) is 6.20 Å². The molecule has 3 rings (SSSR count). The number of aliphatic hydroxyl groups excluding tert-OH is 1. The number of hydrogen-bond acceptors (Lipinski definition) is 5. The zero-order valence-electron chi connectivity index (χ0n) is 12.3. The average Bonchev–Trinajstić information content (AvgIpc) is 2.99. The summed E-state index contributed by atoms with van der Waals surface area (Å²) in [6, 6.07) is 8.66. The highest BCUT2D eigenvalue weighted by atomic mass is 32.1. The topological polar surface area (TPSA) is 39.6 Å². The van der Waals surface area contributed by atoms with E-state index in [2.05, 4.69) is 46.1 Å². The standard InChI is InChI=1S/C16H21N3OS/c1-18-5-7-19(8-6-18)11-13-3-2-4-14(9-13)15-10-17-16(12-20)21-15/h2-4,9-10,20H,5-8,11-12H2,1H3. The second-order valence-corrected chi connectivity index (χ2v) is 6.67. The third kappa shape index (κ3) is 3.68. The van der Waals surface area contributed by atoms with Crippen LogP contribution in [0.5, 0.6) is 0 Å². The summed E-state index contributed by atoms with van der Waals surface area (Å²) in [4.78, 5) is 10.2. The third-order valence-corrected chi connectivity index (χ3v) is 4.93. The molecule has 0 unspecified atom stereocenters.